The molecule has 0 saturated carbocycles. The van der Waals surface area contributed by atoms with E-state index < -0.39 is 0 Å². The molecule has 1 atom stereocenters. The van der Waals surface area contributed by atoms with E-state index in [-0.39, 0.29) is 12.3 Å². The van der Waals surface area contributed by atoms with Gasteiger partial charge in [0.15, 0.2) is 0 Å². The molecule has 0 saturated heterocycles. The number of hydrogen-bond donors (Lipinski definition) is 2. The van der Waals surface area contributed by atoms with Crippen molar-refractivity contribution in [3.63, 3.8) is 0 Å². The van der Waals surface area contributed by atoms with Crippen molar-refractivity contribution in [2.75, 3.05) is 0 Å². The van der Waals surface area contributed by atoms with E-state index in [2.05, 4.69) is 6.07 Å². The Morgan fingerprint density at radius 1 is 1.25 bits per heavy atom. The molecule has 1 aromatic carbocycles. The maximum Gasteiger partial charge on any atom is 0.0792 e. The number of aryl methyl sites for hydroxylation is 1. The molecule has 2 nitrogen and oxygen atoms in total. The van der Waals surface area contributed by atoms with Gasteiger partial charge in [0.1, 0.15) is 0 Å². The lowest BCUT2D eigenvalue weighted by Gasteiger charge is -2.20. The van der Waals surface area contributed by atoms with Gasteiger partial charge in [-0.1, -0.05) is 24.3 Å². The Morgan fingerprint density at radius 3 is 2.75 bits per heavy atom. The van der Waals surface area contributed by atoms with Crippen LogP contribution in [0.2, 0.25) is 0 Å². The van der Waals surface area contributed by atoms with Crippen LogP contribution in [0.4, 0.5) is 0 Å². The Labute approximate surface area is 72.8 Å². The van der Waals surface area contributed by atoms with Crippen molar-refractivity contribution >= 4 is 0 Å². The molecule has 4 N–H and O–H groups in total. The minimum Gasteiger partial charge on any atom is -0.388 e. The van der Waals surface area contributed by atoms with Gasteiger partial charge in [0.25, 0.3) is 0 Å². The second kappa shape index (κ2) is 3.70. The third-order valence-electron chi connectivity index (χ3n) is 2.34. The number of rotatable bonds is 0. The van der Waals surface area contributed by atoms with Crippen LogP contribution in [0.3, 0.4) is 0 Å². The maximum atomic E-state index is 9.56. The SMILES string of the molecule is N.O[C@H]1CCCc2ccccc21. The summed E-state index contributed by atoms with van der Waals surface area (Å²) in [6, 6.07) is 8.17. The number of fused-ring (bicyclic) bond motifs is 1. The second-order valence-corrected chi connectivity index (χ2v) is 3.11. The number of aliphatic hydroxyl groups is 1. The molecule has 2 rings (SSSR count). The van der Waals surface area contributed by atoms with Crippen LogP contribution in [0.25, 0.3) is 0 Å². The molecular formula is C10H15NO. The van der Waals surface area contributed by atoms with Gasteiger partial charge in [-0.2, -0.15) is 0 Å². The monoisotopic (exact) mass is 165 g/mol. The van der Waals surface area contributed by atoms with Gasteiger partial charge in [-0.25, -0.2) is 0 Å². The quantitative estimate of drug-likeness (QED) is 0.619. The highest BCUT2D eigenvalue weighted by molar-refractivity contribution is 5.30. The molecule has 1 aromatic rings. The Balaban J connectivity index is 0.000000720. The highest BCUT2D eigenvalue weighted by Crippen LogP contribution is 2.28. The first-order chi connectivity index (χ1) is 5.38. The van der Waals surface area contributed by atoms with Crippen LogP contribution in [0, 0.1) is 0 Å². The Hall–Kier alpha value is -0.860. The molecule has 0 unspecified atom stereocenters. The Kier molecular flexibility index (Phi) is 2.84. The van der Waals surface area contributed by atoms with E-state index >= 15 is 0 Å². The lowest BCUT2D eigenvalue weighted by molar-refractivity contribution is 0.156. The standard InChI is InChI=1S/C10H12O.H3N/c11-10-7-3-5-8-4-1-2-6-9(8)10;/h1-2,4,6,10-11H,3,5,7H2;1H3/t10-;/m0./s1. The molecule has 0 bridgehead atoms. The van der Waals surface area contributed by atoms with E-state index in [1.54, 1.807) is 0 Å². The van der Waals surface area contributed by atoms with Crippen molar-refractivity contribution in [1.29, 1.82) is 0 Å². The number of hydrogen-bond acceptors (Lipinski definition) is 2. The molecule has 0 aromatic heterocycles. The predicted octanol–water partition coefficient (Wildman–Crippen LogP) is 2.22. The smallest absolute Gasteiger partial charge is 0.0792 e. The summed E-state index contributed by atoms with van der Waals surface area (Å²) in [5.74, 6) is 0. The van der Waals surface area contributed by atoms with Crippen molar-refractivity contribution in [3.8, 4) is 0 Å². The summed E-state index contributed by atoms with van der Waals surface area (Å²) in [7, 11) is 0. The molecule has 2 heteroatoms. The van der Waals surface area contributed by atoms with E-state index in [1.165, 1.54) is 5.56 Å². The zero-order chi connectivity index (χ0) is 7.68. The summed E-state index contributed by atoms with van der Waals surface area (Å²) in [5, 5.41) is 9.56. The Morgan fingerprint density at radius 2 is 2.00 bits per heavy atom. The second-order valence-electron chi connectivity index (χ2n) is 3.11. The molecule has 0 fully saturated rings. The van der Waals surface area contributed by atoms with Gasteiger partial charge in [0, 0.05) is 0 Å². The normalized spacial score (nSPS) is 20.9. The van der Waals surface area contributed by atoms with Crippen LogP contribution in [0.15, 0.2) is 24.3 Å². The predicted molar refractivity (Wildman–Crippen MR) is 49.4 cm³/mol. The fraction of sp³-hybridized carbons (Fsp3) is 0.400. The molecule has 0 amide bonds. The topological polar surface area (TPSA) is 55.2 Å². The van der Waals surface area contributed by atoms with Crippen molar-refractivity contribution in [2.45, 2.75) is 25.4 Å². The summed E-state index contributed by atoms with van der Waals surface area (Å²) < 4.78 is 0. The lowest BCUT2D eigenvalue weighted by Crippen LogP contribution is -2.08. The van der Waals surface area contributed by atoms with Gasteiger partial charge in [-0.3, -0.25) is 0 Å². The molecule has 66 valence electrons. The third-order valence-corrected chi connectivity index (χ3v) is 2.34. The van der Waals surface area contributed by atoms with Gasteiger partial charge in [-0.15, -0.1) is 0 Å². The number of aliphatic hydroxyl groups excluding tert-OH is 1. The molecule has 0 spiro atoms. The van der Waals surface area contributed by atoms with Crippen molar-refractivity contribution < 1.29 is 5.11 Å². The minimum atomic E-state index is -0.208. The zero-order valence-corrected chi connectivity index (χ0v) is 7.16. The highest BCUT2D eigenvalue weighted by Gasteiger charge is 2.15. The first kappa shape index (κ1) is 9.23. The van der Waals surface area contributed by atoms with E-state index in [4.69, 9.17) is 0 Å². The van der Waals surface area contributed by atoms with Crippen LogP contribution in [0.5, 0.6) is 0 Å². The van der Waals surface area contributed by atoms with Crippen molar-refractivity contribution in [2.24, 2.45) is 0 Å². The van der Waals surface area contributed by atoms with E-state index in [0.29, 0.717) is 0 Å². The van der Waals surface area contributed by atoms with Crippen LogP contribution in [-0.4, -0.2) is 5.11 Å². The van der Waals surface area contributed by atoms with Gasteiger partial charge < -0.3 is 11.3 Å². The van der Waals surface area contributed by atoms with Crippen molar-refractivity contribution in [1.82, 2.24) is 6.15 Å². The van der Waals surface area contributed by atoms with Gasteiger partial charge in [0.2, 0.25) is 0 Å². The summed E-state index contributed by atoms with van der Waals surface area (Å²) >= 11 is 0. The molecule has 0 heterocycles. The van der Waals surface area contributed by atoms with Gasteiger partial charge in [0.05, 0.1) is 6.10 Å². The average molecular weight is 165 g/mol. The van der Waals surface area contributed by atoms with Crippen LogP contribution in [-0.2, 0) is 6.42 Å². The fourth-order valence-electron chi connectivity index (χ4n) is 1.73. The molecular weight excluding hydrogens is 150 g/mol. The van der Waals surface area contributed by atoms with Crippen LogP contribution in [0.1, 0.15) is 30.1 Å². The summed E-state index contributed by atoms with van der Waals surface area (Å²) in [4.78, 5) is 0. The largest absolute Gasteiger partial charge is 0.388 e. The van der Waals surface area contributed by atoms with Gasteiger partial charge >= 0.3 is 0 Å². The van der Waals surface area contributed by atoms with Crippen LogP contribution >= 0.6 is 0 Å². The highest BCUT2D eigenvalue weighted by atomic mass is 16.3. The zero-order valence-electron chi connectivity index (χ0n) is 7.16. The first-order valence-corrected chi connectivity index (χ1v) is 4.14. The van der Waals surface area contributed by atoms with Crippen molar-refractivity contribution in [3.05, 3.63) is 35.4 Å². The van der Waals surface area contributed by atoms with E-state index in [0.717, 1.165) is 24.8 Å². The molecule has 1 aliphatic rings. The molecule has 0 aliphatic heterocycles. The Bertz CT molecular complexity index is 260. The van der Waals surface area contributed by atoms with Gasteiger partial charge in [-0.05, 0) is 30.4 Å². The van der Waals surface area contributed by atoms with E-state index in [1.807, 2.05) is 18.2 Å². The third kappa shape index (κ3) is 1.49. The fourth-order valence-corrected chi connectivity index (χ4v) is 1.73. The summed E-state index contributed by atoms with van der Waals surface area (Å²) in [5.41, 5.74) is 2.46. The maximum absolute atomic E-state index is 9.56. The molecule has 0 radical (unpaired) electrons. The van der Waals surface area contributed by atoms with Crippen LogP contribution < -0.4 is 6.15 Å². The average Bonchev–Trinajstić information content (AvgIpc) is 2.06. The molecule has 12 heavy (non-hydrogen) atoms. The summed E-state index contributed by atoms with van der Waals surface area (Å²) in [6.07, 6.45) is 2.97. The molecule has 1 aliphatic carbocycles. The minimum absolute atomic E-state index is 0. The summed E-state index contributed by atoms with van der Waals surface area (Å²) in [6.45, 7) is 0. The lowest BCUT2D eigenvalue weighted by atomic mass is 9.90. The van der Waals surface area contributed by atoms with E-state index in [9.17, 15) is 5.11 Å². The first-order valence-electron chi connectivity index (χ1n) is 4.14. The number of benzene rings is 1.